The van der Waals surface area contributed by atoms with Crippen molar-refractivity contribution in [3.05, 3.63) is 34.1 Å². The minimum atomic E-state index is -0.257. The van der Waals surface area contributed by atoms with E-state index in [-0.39, 0.29) is 11.7 Å². The van der Waals surface area contributed by atoms with Crippen LogP contribution in [0.5, 0.6) is 0 Å². The Morgan fingerprint density at radius 3 is 2.68 bits per heavy atom. The molecule has 1 aromatic carbocycles. The number of nitrogens with zero attached hydrogens (tertiary/aromatic N) is 3. The monoisotopic (exact) mass is 402 g/mol. The number of rotatable bonds is 6. The lowest BCUT2D eigenvalue weighted by Crippen LogP contribution is -2.35. The van der Waals surface area contributed by atoms with Crippen LogP contribution < -0.4 is 5.32 Å². The molecule has 0 saturated carbocycles. The summed E-state index contributed by atoms with van der Waals surface area (Å²) in [5.41, 5.74) is 0.398. The van der Waals surface area contributed by atoms with Crippen LogP contribution in [-0.2, 0) is 16.1 Å². The molecule has 1 N–H and O–H groups in total. The highest BCUT2D eigenvalue weighted by Crippen LogP contribution is 2.30. The summed E-state index contributed by atoms with van der Waals surface area (Å²) in [5, 5.41) is 11.8. The molecule has 0 bridgehead atoms. The maximum absolute atomic E-state index is 12.1. The maximum Gasteiger partial charge on any atom is 0.277 e. The topological polar surface area (TPSA) is 80.5 Å². The third-order valence-electron chi connectivity index (χ3n) is 3.46. The van der Waals surface area contributed by atoms with Crippen molar-refractivity contribution in [3.63, 3.8) is 0 Å². The summed E-state index contributed by atoms with van der Waals surface area (Å²) in [6.07, 6.45) is 0. The van der Waals surface area contributed by atoms with Gasteiger partial charge in [0.2, 0.25) is 11.8 Å². The first kappa shape index (κ1) is 18.5. The van der Waals surface area contributed by atoms with Crippen LogP contribution in [0.25, 0.3) is 0 Å². The van der Waals surface area contributed by atoms with Gasteiger partial charge in [-0.2, -0.15) is 0 Å². The van der Waals surface area contributed by atoms with E-state index in [1.807, 2.05) is 0 Å². The molecule has 1 fully saturated rings. The Kier molecular flexibility index (Phi) is 6.55. The van der Waals surface area contributed by atoms with Gasteiger partial charge in [-0.05, 0) is 12.1 Å². The first-order valence-corrected chi connectivity index (χ1v) is 9.35. The highest BCUT2D eigenvalue weighted by molar-refractivity contribution is 7.99. The number of hydrogen-bond donors (Lipinski definition) is 1. The zero-order chi connectivity index (χ0) is 17.6. The van der Waals surface area contributed by atoms with Gasteiger partial charge in [-0.25, -0.2) is 0 Å². The van der Waals surface area contributed by atoms with Crippen LogP contribution in [0.3, 0.4) is 0 Å². The second kappa shape index (κ2) is 8.86. The second-order valence-corrected chi connectivity index (χ2v) is 7.02. The van der Waals surface area contributed by atoms with Gasteiger partial charge < -0.3 is 14.5 Å². The lowest BCUT2D eigenvalue weighted by atomic mass is 10.3. The average Bonchev–Trinajstić information content (AvgIpc) is 3.05. The molecule has 1 amide bonds. The van der Waals surface area contributed by atoms with E-state index in [0.29, 0.717) is 46.6 Å². The molecule has 10 heteroatoms. The number of anilines is 1. The fraction of sp³-hybridized carbons (Fsp3) is 0.400. The zero-order valence-corrected chi connectivity index (χ0v) is 15.5. The Bertz CT molecular complexity index is 717. The van der Waals surface area contributed by atoms with Crippen molar-refractivity contribution in [1.29, 1.82) is 0 Å². The fourth-order valence-electron chi connectivity index (χ4n) is 2.23. The quantitative estimate of drug-likeness (QED) is 0.743. The molecule has 2 heterocycles. The Labute approximate surface area is 159 Å². The normalized spacial score (nSPS) is 15.3. The maximum atomic E-state index is 12.1. The number of aromatic nitrogens is 2. The van der Waals surface area contributed by atoms with Crippen LogP contribution in [0.4, 0.5) is 5.69 Å². The standard InChI is InChI=1S/C15H16Cl2N4O3S/c16-10-2-1-3-11(17)14(10)18-12(22)9-25-15-20-19-13(24-15)8-21-4-6-23-7-5-21/h1-3H,4-9H2,(H,18,22). The number of nitrogens with one attached hydrogen (secondary N) is 1. The van der Waals surface area contributed by atoms with Crippen molar-refractivity contribution in [2.75, 3.05) is 37.4 Å². The Morgan fingerprint density at radius 2 is 1.96 bits per heavy atom. The number of hydrogen-bond acceptors (Lipinski definition) is 7. The van der Waals surface area contributed by atoms with Crippen molar-refractivity contribution in [2.45, 2.75) is 11.8 Å². The largest absolute Gasteiger partial charge is 0.415 e. The first-order chi connectivity index (χ1) is 12.1. The first-order valence-electron chi connectivity index (χ1n) is 7.61. The molecular weight excluding hydrogens is 387 g/mol. The summed E-state index contributed by atoms with van der Waals surface area (Å²) in [6, 6.07) is 5.03. The third-order valence-corrected chi connectivity index (χ3v) is 4.91. The van der Waals surface area contributed by atoms with Gasteiger partial charge in [0.05, 0.1) is 41.2 Å². The molecule has 1 saturated heterocycles. The van der Waals surface area contributed by atoms with Gasteiger partial charge in [-0.1, -0.05) is 41.0 Å². The summed E-state index contributed by atoms with van der Waals surface area (Å²) in [7, 11) is 0. The molecule has 1 aliphatic rings. The third kappa shape index (κ3) is 5.32. The summed E-state index contributed by atoms with van der Waals surface area (Å²) >= 11 is 13.2. The zero-order valence-electron chi connectivity index (χ0n) is 13.2. The number of halogens is 2. The molecule has 0 spiro atoms. The summed E-state index contributed by atoms with van der Waals surface area (Å²) in [6.45, 7) is 3.68. The molecule has 25 heavy (non-hydrogen) atoms. The highest BCUT2D eigenvalue weighted by Gasteiger charge is 2.16. The molecule has 0 atom stereocenters. The number of thioether (sulfide) groups is 1. The molecule has 0 radical (unpaired) electrons. The molecule has 0 aliphatic carbocycles. The SMILES string of the molecule is O=C(CSc1nnc(CN2CCOCC2)o1)Nc1c(Cl)cccc1Cl. The predicted molar refractivity (Wildman–Crippen MR) is 96.2 cm³/mol. The van der Waals surface area contributed by atoms with Gasteiger partial charge in [0.15, 0.2) is 0 Å². The number of carbonyl (C=O) groups is 1. The molecule has 2 aromatic rings. The molecule has 7 nitrogen and oxygen atoms in total. The highest BCUT2D eigenvalue weighted by atomic mass is 35.5. The minimum Gasteiger partial charge on any atom is -0.415 e. The van der Waals surface area contributed by atoms with Crippen molar-refractivity contribution < 1.29 is 13.9 Å². The molecular formula is C15H16Cl2N4O3S. The smallest absolute Gasteiger partial charge is 0.277 e. The predicted octanol–water partition coefficient (Wildman–Crippen LogP) is 2.94. The lowest BCUT2D eigenvalue weighted by Gasteiger charge is -2.24. The summed E-state index contributed by atoms with van der Waals surface area (Å²) in [4.78, 5) is 14.2. The molecule has 1 aromatic heterocycles. The fourth-order valence-corrected chi connectivity index (χ4v) is 3.30. The number of para-hydroxylation sites is 1. The number of amides is 1. The molecule has 3 rings (SSSR count). The summed E-state index contributed by atoms with van der Waals surface area (Å²) in [5.74, 6) is 0.382. The van der Waals surface area contributed by atoms with Gasteiger partial charge in [0.25, 0.3) is 5.22 Å². The van der Waals surface area contributed by atoms with Gasteiger partial charge in [-0.15, -0.1) is 10.2 Å². The van der Waals surface area contributed by atoms with E-state index in [4.69, 9.17) is 32.4 Å². The van der Waals surface area contributed by atoms with E-state index in [2.05, 4.69) is 20.4 Å². The number of benzene rings is 1. The summed E-state index contributed by atoms with van der Waals surface area (Å²) < 4.78 is 10.9. The number of morpholine rings is 1. The van der Waals surface area contributed by atoms with E-state index in [1.54, 1.807) is 18.2 Å². The lowest BCUT2D eigenvalue weighted by molar-refractivity contribution is -0.113. The Balaban J connectivity index is 1.49. The van der Waals surface area contributed by atoms with Crippen LogP contribution in [0.2, 0.25) is 10.0 Å². The molecule has 1 aliphatic heterocycles. The van der Waals surface area contributed by atoms with E-state index in [9.17, 15) is 4.79 Å². The van der Waals surface area contributed by atoms with Crippen LogP contribution in [0.15, 0.2) is 27.8 Å². The second-order valence-electron chi connectivity index (χ2n) is 5.28. The van der Waals surface area contributed by atoms with Crippen molar-refractivity contribution >= 4 is 46.6 Å². The molecule has 134 valence electrons. The van der Waals surface area contributed by atoms with Gasteiger partial charge >= 0.3 is 0 Å². The van der Waals surface area contributed by atoms with Gasteiger partial charge in [-0.3, -0.25) is 9.69 Å². The van der Waals surface area contributed by atoms with Crippen molar-refractivity contribution in [1.82, 2.24) is 15.1 Å². The average molecular weight is 403 g/mol. The van der Waals surface area contributed by atoms with Crippen molar-refractivity contribution in [2.24, 2.45) is 0 Å². The van der Waals surface area contributed by atoms with Gasteiger partial charge in [0, 0.05) is 13.1 Å². The Hall–Kier alpha value is -1.32. The van der Waals surface area contributed by atoms with E-state index in [1.165, 1.54) is 0 Å². The van der Waals surface area contributed by atoms with Crippen LogP contribution in [-0.4, -0.2) is 53.1 Å². The van der Waals surface area contributed by atoms with E-state index >= 15 is 0 Å². The minimum absolute atomic E-state index is 0.112. The van der Waals surface area contributed by atoms with Crippen molar-refractivity contribution in [3.8, 4) is 0 Å². The number of carbonyl (C=O) groups excluding carboxylic acids is 1. The van der Waals surface area contributed by atoms with E-state index in [0.717, 1.165) is 24.9 Å². The van der Waals surface area contributed by atoms with Gasteiger partial charge in [0.1, 0.15) is 0 Å². The molecule has 0 unspecified atom stereocenters. The van der Waals surface area contributed by atoms with Crippen LogP contribution in [0, 0.1) is 0 Å². The Morgan fingerprint density at radius 1 is 1.24 bits per heavy atom. The van der Waals surface area contributed by atoms with E-state index < -0.39 is 0 Å². The number of ether oxygens (including phenoxy) is 1. The van der Waals surface area contributed by atoms with Crippen LogP contribution >= 0.6 is 35.0 Å². The van der Waals surface area contributed by atoms with Crippen LogP contribution in [0.1, 0.15) is 5.89 Å².